The molecular formula is C6H8Na2O7S2. The van der Waals surface area contributed by atoms with Gasteiger partial charge in [-0.15, -0.1) is 0 Å². The van der Waals surface area contributed by atoms with E-state index < -0.39 is 30.0 Å². The van der Waals surface area contributed by atoms with Crippen molar-refractivity contribution >= 4 is 20.2 Å². The third kappa shape index (κ3) is 7.43. The van der Waals surface area contributed by atoms with Crippen molar-refractivity contribution in [2.24, 2.45) is 0 Å². The Morgan fingerprint density at radius 3 is 1.82 bits per heavy atom. The fourth-order valence-corrected chi connectivity index (χ4v) is 2.34. The second kappa shape index (κ2) is 8.43. The summed E-state index contributed by atoms with van der Waals surface area (Å²) in [6, 6.07) is 0. The van der Waals surface area contributed by atoms with E-state index in [9.17, 15) is 25.9 Å². The summed E-state index contributed by atoms with van der Waals surface area (Å²) < 4.78 is 63.0. The maximum absolute atomic E-state index is 10.5. The van der Waals surface area contributed by atoms with E-state index in [1.165, 1.54) is 0 Å². The molecule has 0 aliphatic heterocycles. The minimum absolute atomic E-state index is 0. The number of rotatable bonds is 2. The van der Waals surface area contributed by atoms with Gasteiger partial charge in [0.2, 0.25) is 0 Å². The molecule has 0 fully saturated rings. The predicted octanol–water partition coefficient (Wildman–Crippen LogP) is -7.18. The van der Waals surface area contributed by atoms with Crippen LogP contribution in [0.4, 0.5) is 0 Å². The summed E-state index contributed by atoms with van der Waals surface area (Å²) in [6.45, 7) is 0. The SMILES string of the molecule is O.O=S(=O)([O-])C1=CCCC(S(=O)(=O)[O-])=C1.[Na+].[Na+]. The Balaban J connectivity index is -0.000000653. The van der Waals surface area contributed by atoms with Gasteiger partial charge in [0.05, 0.1) is 4.91 Å². The van der Waals surface area contributed by atoms with E-state index in [4.69, 9.17) is 0 Å². The standard InChI is InChI=1S/C6H8O6S2.2Na.H2O/c7-13(8,9)5-2-1-3-6(4-5)14(10,11)12;;;/h2,4H,1,3H2,(H,7,8,9)(H,10,11,12);;;1H2/q;2*+1;/p-2. The van der Waals surface area contributed by atoms with E-state index in [-0.39, 0.29) is 77.4 Å². The van der Waals surface area contributed by atoms with Gasteiger partial charge in [-0.1, -0.05) is 6.08 Å². The molecule has 0 saturated heterocycles. The molecule has 0 heterocycles. The van der Waals surface area contributed by atoms with Crippen molar-refractivity contribution in [1.29, 1.82) is 0 Å². The number of hydrogen-bond acceptors (Lipinski definition) is 6. The summed E-state index contributed by atoms with van der Waals surface area (Å²) in [5.74, 6) is 0. The Morgan fingerprint density at radius 1 is 1.00 bits per heavy atom. The smallest absolute Gasteiger partial charge is 0.744 e. The van der Waals surface area contributed by atoms with Crippen molar-refractivity contribution in [1.82, 2.24) is 0 Å². The minimum atomic E-state index is -4.69. The summed E-state index contributed by atoms with van der Waals surface area (Å²) in [4.78, 5) is -1.22. The quantitative estimate of drug-likeness (QED) is 0.366. The molecule has 0 aromatic heterocycles. The summed E-state index contributed by atoms with van der Waals surface area (Å²) in [5, 5.41) is 0. The van der Waals surface area contributed by atoms with Gasteiger partial charge in [0.25, 0.3) is 0 Å². The fraction of sp³-hybridized carbons (Fsp3) is 0.333. The van der Waals surface area contributed by atoms with Crippen LogP contribution in [0.2, 0.25) is 0 Å². The van der Waals surface area contributed by atoms with Gasteiger partial charge >= 0.3 is 59.1 Å². The van der Waals surface area contributed by atoms with Crippen LogP contribution >= 0.6 is 0 Å². The normalized spacial score (nSPS) is 15.4. The predicted molar refractivity (Wildman–Crippen MR) is 48.4 cm³/mol. The molecular weight excluding hydrogens is 294 g/mol. The molecule has 0 amide bonds. The minimum Gasteiger partial charge on any atom is -0.744 e. The molecule has 0 saturated carbocycles. The van der Waals surface area contributed by atoms with Crippen LogP contribution in [0.3, 0.4) is 0 Å². The summed E-state index contributed by atoms with van der Waals surface area (Å²) in [7, 11) is -9.34. The van der Waals surface area contributed by atoms with Gasteiger partial charge in [-0.25, -0.2) is 16.8 Å². The van der Waals surface area contributed by atoms with Crippen LogP contribution in [0.5, 0.6) is 0 Å². The molecule has 1 aliphatic rings. The maximum Gasteiger partial charge on any atom is 1.00 e. The average Bonchev–Trinajstić information content (AvgIpc) is 2.01. The molecule has 0 unspecified atom stereocenters. The van der Waals surface area contributed by atoms with Gasteiger partial charge in [-0.3, -0.25) is 0 Å². The van der Waals surface area contributed by atoms with Gasteiger partial charge in [-0.2, -0.15) is 0 Å². The molecule has 17 heavy (non-hydrogen) atoms. The third-order valence-corrected chi connectivity index (χ3v) is 3.48. The second-order valence-corrected chi connectivity index (χ2v) is 5.48. The third-order valence-electron chi connectivity index (χ3n) is 1.65. The van der Waals surface area contributed by atoms with Gasteiger partial charge in [-0.05, 0) is 18.9 Å². The first-order chi connectivity index (χ1) is 6.21. The topological polar surface area (TPSA) is 146 Å². The van der Waals surface area contributed by atoms with Crippen molar-refractivity contribution < 1.29 is 90.5 Å². The zero-order valence-electron chi connectivity index (χ0n) is 9.33. The van der Waals surface area contributed by atoms with E-state index >= 15 is 0 Å². The Hall–Kier alpha value is 1.26. The molecule has 1 aliphatic carbocycles. The van der Waals surface area contributed by atoms with E-state index in [0.29, 0.717) is 6.08 Å². The molecule has 0 aromatic rings. The molecule has 0 atom stereocenters. The zero-order valence-corrected chi connectivity index (χ0v) is 15.0. The van der Waals surface area contributed by atoms with Crippen LogP contribution in [-0.2, 0) is 20.2 Å². The molecule has 0 aromatic carbocycles. The molecule has 0 spiro atoms. The van der Waals surface area contributed by atoms with Crippen LogP contribution < -0.4 is 59.1 Å². The Kier molecular flexibility index (Phi) is 11.6. The molecule has 88 valence electrons. The van der Waals surface area contributed by atoms with Gasteiger partial charge in [0, 0.05) is 4.91 Å². The van der Waals surface area contributed by atoms with Crippen molar-refractivity contribution in [3.63, 3.8) is 0 Å². The molecule has 11 heteroatoms. The Labute approximate surface area is 144 Å². The summed E-state index contributed by atoms with van der Waals surface area (Å²) >= 11 is 0. The van der Waals surface area contributed by atoms with E-state index in [1.807, 2.05) is 0 Å². The first-order valence-electron chi connectivity index (χ1n) is 3.54. The Morgan fingerprint density at radius 2 is 1.47 bits per heavy atom. The van der Waals surface area contributed by atoms with Crippen LogP contribution in [-0.4, -0.2) is 31.4 Å². The van der Waals surface area contributed by atoms with Gasteiger partial charge in [0.15, 0.2) is 0 Å². The van der Waals surface area contributed by atoms with Crippen molar-refractivity contribution in [3.05, 3.63) is 22.0 Å². The van der Waals surface area contributed by atoms with Crippen LogP contribution in [0.25, 0.3) is 0 Å². The van der Waals surface area contributed by atoms with E-state index in [2.05, 4.69) is 0 Å². The van der Waals surface area contributed by atoms with Crippen molar-refractivity contribution in [2.45, 2.75) is 12.8 Å². The van der Waals surface area contributed by atoms with Crippen molar-refractivity contribution in [3.8, 4) is 0 Å². The number of hydrogen-bond donors (Lipinski definition) is 0. The van der Waals surface area contributed by atoms with E-state index in [0.717, 1.165) is 6.08 Å². The van der Waals surface area contributed by atoms with Crippen LogP contribution in [0, 0.1) is 0 Å². The van der Waals surface area contributed by atoms with Crippen LogP contribution in [0.1, 0.15) is 12.8 Å². The zero-order chi connectivity index (χ0) is 11.0. The van der Waals surface area contributed by atoms with Crippen LogP contribution in [0.15, 0.2) is 22.0 Å². The monoisotopic (exact) mass is 302 g/mol. The summed E-state index contributed by atoms with van der Waals surface area (Å²) in [6.07, 6.45) is 1.71. The van der Waals surface area contributed by atoms with Crippen molar-refractivity contribution in [2.75, 3.05) is 0 Å². The van der Waals surface area contributed by atoms with Gasteiger partial charge < -0.3 is 14.6 Å². The average molecular weight is 302 g/mol. The maximum atomic E-state index is 10.5. The second-order valence-electron chi connectivity index (χ2n) is 2.66. The molecule has 7 nitrogen and oxygen atoms in total. The fourth-order valence-electron chi connectivity index (χ4n) is 1.02. The summed E-state index contributed by atoms with van der Waals surface area (Å²) in [5.41, 5.74) is 0. The number of allylic oxidation sites excluding steroid dienone is 3. The Bertz CT molecular complexity index is 502. The molecule has 1 rings (SSSR count). The largest absolute Gasteiger partial charge is 1.00 e. The van der Waals surface area contributed by atoms with E-state index in [1.54, 1.807) is 0 Å². The van der Waals surface area contributed by atoms with Gasteiger partial charge in [0.1, 0.15) is 20.2 Å². The molecule has 0 radical (unpaired) electrons. The first kappa shape index (κ1) is 23.4. The molecule has 0 bridgehead atoms. The first-order valence-corrected chi connectivity index (χ1v) is 6.35. The molecule has 2 N–H and O–H groups in total.